The minimum Gasteiger partial charge on any atom is -0.488 e. The van der Waals surface area contributed by atoms with Crippen molar-refractivity contribution in [1.29, 1.82) is 0 Å². The van der Waals surface area contributed by atoms with E-state index in [0.717, 1.165) is 39.0 Å². The molecular weight excluding hydrogens is 419 g/mol. The fourth-order valence-electron chi connectivity index (χ4n) is 2.17. The average Bonchev–Trinajstić information content (AvgIpc) is 2.95. The second-order valence-electron chi connectivity index (χ2n) is 5.16. The highest BCUT2D eigenvalue weighted by Crippen LogP contribution is 2.29. The van der Waals surface area contributed by atoms with Crippen LogP contribution in [-0.4, -0.2) is 9.97 Å². The third-order valence-electron chi connectivity index (χ3n) is 3.50. The summed E-state index contributed by atoms with van der Waals surface area (Å²) in [6.07, 6.45) is 2.79. The van der Waals surface area contributed by atoms with Crippen LogP contribution in [0.2, 0.25) is 0 Å². The van der Waals surface area contributed by atoms with E-state index in [1.807, 2.05) is 43.5 Å². The maximum absolute atomic E-state index is 5.88. The summed E-state index contributed by atoms with van der Waals surface area (Å²) in [6.45, 7) is 4.70. The van der Waals surface area contributed by atoms with Gasteiger partial charge in [-0.25, -0.2) is 4.98 Å². The van der Waals surface area contributed by atoms with Gasteiger partial charge in [-0.2, -0.15) is 0 Å². The number of ether oxygens (including phenoxy) is 1. The summed E-state index contributed by atoms with van der Waals surface area (Å²) in [6, 6.07) is 12.2. The lowest BCUT2D eigenvalue weighted by atomic mass is 10.2. The van der Waals surface area contributed by atoms with E-state index in [1.54, 1.807) is 11.3 Å². The van der Waals surface area contributed by atoms with Gasteiger partial charge in [0.1, 0.15) is 17.4 Å². The zero-order valence-electron chi connectivity index (χ0n) is 13.0. The molecule has 0 aliphatic rings. The van der Waals surface area contributed by atoms with Crippen LogP contribution in [0.4, 0.5) is 0 Å². The number of aromatic nitrogens is 2. The summed E-state index contributed by atoms with van der Waals surface area (Å²) in [5.74, 6) is 0.886. The fraction of sp³-hybridized carbons (Fsp3) is 0.222. The molecule has 0 radical (unpaired) electrons. The van der Waals surface area contributed by atoms with Gasteiger partial charge in [0.05, 0.1) is 10.6 Å². The molecule has 0 amide bonds. The van der Waals surface area contributed by atoms with Crippen molar-refractivity contribution >= 4 is 33.9 Å². The normalized spacial score (nSPS) is 10.7. The zero-order valence-corrected chi connectivity index (χ0v) is 16.0. The van der Waals surface area contributed by atoms with Gasteiger partial charge < -0.3 is 4.74 Å². The Morgan fingerprint density at radius 3 is 2.70 bits per heavy atom. The molecule has 3 aromatic rings. The molecule has 3 rings (SSSR count). The van der Waals surface area contributed by atoms with Gasteiger partial charge in [0.2, 0.25) is 0 Å². The highest BCUT2D eigenvalue weighted by atomic mass is 127. The summed E-state index contributed by atoms with van der Waals surface area (Å²) >= 11 is 3.98. The Bertz CT molecular complexity index is 799. The molecule has 0 spiro atoms. The number of pyridine rings is 1. The molecule has 0 saturated heterocycles. The monoisotopic (exact) mass is 436 g/mol. The number of rotatable bonds is 5. The van der Waals surface area contributed by atoms with Crippen molar-refractivity contribution in [3.8, 4) is 16.3 Å². The third kappa shape index (κ3) is 4.09. The number of halogens is 1. The van der Waals surface area contributed by atoms with Crippen LogP contribution in [0.3, 0.4) is 0 Å². The van der Waals surface area contributed by atoms with Crippen LogP contribution >= 0.6 is 33.9 Å². The lowest BCUT2D eigenvalue weighted by molar-refractivity contribution is 0.308. The molecule has 0 unspecified atom stereocenters. The van der Waals surface area contributed by atoms with Crippen molar-refractivity contribution in [3.63, 3.8) is 0 Å². The Labute approximate surface area is 153 Å². The van der Waals surface area contributed by atoms with Gasteiger partial charge in [-0.1, -0.05) is 6.92 Å². The van der Waals surface area contributed by atoms with Gasteiger partial charge in [0.15, 0.2) is 0 Å². The standard InChI is InChI=1S/C18H17IN2OS/c1-3-15-10-13(8-9-20-15)18-21-12(2)17(23-18)11-22-16-6-4-14(19)5-7-16/h4-10H,3,11H2,1-2H3. The number of hydrogen-bond acceptors (Lipinski definition) is 4. The first-order valence-electron chi connectivity index (χ1n) is 7.45. The van der Waals surface area contributed by atoms with Gasteiger partial charge >= 0.3 is 0 Å². The summed E-state index contributed by atoms with van der Waals surface area (Å²) in [5, 5.41) is 1.03. The largest absolute Gasteiger partial charge is 0.488 e. The van der Waals surface area contributed by atoms with Crippen molar-refractivity contribution in [1.82, 2.24) is 9.97 Å². The topological polar surface area (TPSA) is 35.0 Å². The zero-order chi connectivity index (χ0) is 16.2. The number of benzene rings is 1. The van der Waals surface area contributed by atoms with Crippen molar-refractivity contribution < 1.29 is 4.74 Å². The fourth-order valence-corrected chi connectivity index (χ4v) is 3.50. The van der Waals surface area contributed by atoms with E-state index in [2.05, 4.69) is 40.6 Å². The smallest absolute Gasteiger partial charge is 0.124 e. The first-order valence-corrected chi connectivity index (χ1v) is 9.35. The van der Waals surface area contributed by atoms with E-state index in [0.29, 0.717) is 6.61 Å². The molecule has 0 aliphatic carbocycles. The van der Waals surface area contributed by atoms with E-state index in [1.165, 1.54) is 3.57 Å². The van der Waals surface area contributed by atoms with Crippen LogP contribution < -0.4 is 4.74 Å². The molecule has 2 heterocycles. The summed E-state index contributed by atoms with van der Waals surface area (Å²) in [7, 11) is 0. The summed E-state index contributed by atoms with van der Waals surface area (Å²) in [5.41, 5.74) is 3.25. The van der Waals surface area contributed by atoms with Gasteiger partial charge in [-0.05, 0) is 72.3 Å². The van der Waals surface area contributed by atoms with E-state index < -0.39 is 0 Å². The molecule has 3 nitrogen and oxygen atoms in total. The molecule has 118 valence electrons. The molecule has 5 heteroatoms. The maximum Gasteiger partial charge on any atom is 0.124 e. The van der Waals surface area contributed by atoms with E-state index >= 15 is 0 Å². The van der Waals surface area contributed by atoms with E-state index in [9.17, 15) is 0 Å². The molecule has 1 aromatic carbocycles. The SMILES string of the molecule is CCc1cc(-c2nc(C)c(COc3ccc(I)cc3)s2)ccn1. The lowest BCUT2D eigenvalue weighted by Crippen LogP contribution is -1.94. The van der Waals surface area contributed by atoms with Gasteiger partial charge in [-0.3, -0.25) is 4.98 Å². The average molecular weight is 436 g/mol. The van der Waals surface area contributed by atoms with Gasteiger partial charge in [-0.15, -0.1) is 11.3 Å². The minimum atomic E-state index is 0.551. The Balaban J connectivity index is 1.76. The maximum atomic E-state index is 5.88. The highest BCUT2D eigenvalue weighted by Gasteiger charge is 2.11. The molecule has 0 aliphatic heterocycles. The Morgan fingerprint density at radius 2 is 1.96 bits per heavy atom. The van der Waals surface area contributed by atoms with Gasteiger partial charge in [0, 0.05) is 21.0 Å². The second-order valence-corrected chi connectivity index (χ2v) is 7.49. The summed E-state index contributed by atoms with van der Waals surface area (Å²) in [4.78, 5) is 10.2. The number of nitrogens with zero attached hydrogens (tertiary/aromatic N) is 2. The Morgan fingerprint density at radius 1 is 1.17 bits per heavy atom. The third-order valence-corrected chi connectivity index (χ3v) is 5.40. The van der Waals surface area contributed by atoms with Gasteiger partial charge in [0.25, 0.3) is 0 Å². The van der Waals surface area contributed by atoms with E-state index in [-0.39, 0.29) is 0 Å². The van der Waals surface area contributed by atoms with Crippen LogP contribution in [0, 0.1) is 10.5 Å². The molecule has 23 heavy (non-hydrogen) atoms. The van der Waals surface area contributed by atoms with Crippen molar-refractivity contribution in [2.24, 2.45) is 0 Å². The van der Waals surface area contributed by atoms with Crippen LogP contribution in [0.15, 0.2) is 42.6 Å². The Kier molecular flexibility index (Phi) is 5.27. The van der Waals surface area contributed by atoms with Crippen LogP contribution in [0.1, 0.15) is 23.2 Å². The van der Waals surface area contributed by atoms with Crippen molar-refractivity contribution in [2.45, 2.75) is 26.9 Å². The number of hydrogen-bond donors (Lipinski definition) is 0. The molecule has 0 N–H and O–H groups in total. The predicted octanol–water partition coefficient (Wildman–Crippen LogP) is 5.26. The van der Waals surface area contributed by atoms with Crippen molar-refractivity contribution in [2.75, 3.05) is 0 Å². The molecule has 0 atom stereocenters. The van der Waals surface area contributed by atoms with Crippen LogP contribution in [0.5, 0.6) is 5.75 Å². The number of aryl methyl sites for hydroxylation is 2. The van der Waals surface area contributed by atoms with Crippen LogP contribution in [-0.2, 0) is 13.0 Å². The number of thiazole rings is 1. The predicted molar refractivity (Wildman–Crippen MR) is 103 cm³/mol. The molecule has 0 fully saturated rings. The first-order chi connectivity index (χ1) is 11.2. The second kappa shape index (κ2) is 7.40. The molecule has 2 aromatic heterocycles. The molecule has 0 bridgehead atoms. The summed E-state index contributed by atoms with van der Waals surface area (Å²) < 4.78 is 7.08. The highest BCUT2D eigenvalue weighted by molar-refractivity contribution is 14.1. The first kappa shape index (κ1) is 16.4. The lowest BCUT2D eigenvalue weighted by Gasteiger charge is -2.04. The molecule has 0 saturated carbocycles. The Hall–Kier alpha value is -1.47. The van der Waals surface area contributed by atoms with Crippen molar-refractivity contribution in [3.05, 3.63) is 62.4 Å². The minimum absolute atomic E-state index is 0.551. The van der Waals surface area contributed by atoms with E-state index in [4.69, 9.17) is 9.72 Å². The van der Waals surface area contributed by atoms with Crippen LogP contribution in [0.25, 0.3) is 10.6 Å². The quantitative estimate of drug-likeness (QED) is 0.512. The molecular formula is C18H17IN2OS.